The van der Waals surface area contributed by atoms with E-state index in [-0.39, 0.29) is 13.1 Å². The molecule has 4 nitrogen and oxygen atoms in total. The summed E-state index contributed by atoms with van der Waals surface area (Å²) >= 11 is 0. The van der Waals surface area contributed by atoms with Crippen LogP contribution in [0, 0.1) is 0 Å². The fraction of sp³-hybridized carbons (Fsp3) is 0.909. The fourth-order valence-electron chi connectivity index (χ4n) is 2.39. The maximum absolute atomic E-state index is 13.6. The number of amides is 1. The molecule has 2 saturated heterocycles. The number of carbonyl (C=O) groups is 1. The predicted octanol–water partition coefficient (Wildman–Crippen LogP) is 1.25. The molecule has 0 bridgehead atoms. The van der Waals surface area contributed by atoms with Gasteiger partial charge >= 0.3 is 6.09 Å². The SMILES string of the molecule is CC(C)(C)OC(=O)N1CC(F)[C@@H]2NCC(F)[C@@H]21. The average molecular weight is 248 g/mol. The molecule has 0 aromatic carbocycles. The summed E-state index contributed by atoms with van der Waals surface area (Å²) in [6.07, 6.45) is -3.10. The van der Waals surface area contributed by atoms with E-state index in [0.717, 1.165) is 0 Å². The first-order valence-corrected chi connectivity index (χ1v) is 5.81. The second-order valence-corrected chi connectivity index (χ2v) is 5.59. The predicted molar refractivity (Wildman–Crippen MR) is 58.3 cm³/mol. The lowest BCUT2D eigenvalue weighted by molar-refractivity contribution is 0.0167. The monoisotopic (exact) mass is 248 g/mol. The molecule has 0 aliphatic carbocycles. The lowest BCUT2D eigenvalue weighted by atomic mass is 10.1. The van der Waals surface area contributed by atoms with E-state index in [9.17, 15) is 13.6 Å². The Hall–Kier alpha value is -0.910. The summed E-state index contributed by atoms with van der Waals surface area (Å²) in [4.78, 5) is 13.0. The van der Waals surface area contributed by atoms with Crippen LogP contribution in [0.3, 0.4) is 0 Å². The van der Waals surface area contributed by atoms with Crippen molar-refractivity contribution in [3.8, 4) is 0 Å². The number of hydrogen-bond donors (Lipinski definition) is 1. The van der Waals surface area contributed by atoms with E-state index in [1.54, 1.807) is 20.8 Å². The third-order valence-electron chi connectivity index (χ3n) is 3.04. The molecule has 2 rings (SSSR count). The molecule has 0 aromatic rings. The van der Waals surface area contributed by atoms with Crippen LogP contribution < -0.4 is 5.32 Å². The highest BCUT2D eigenvalue weighted by Crippen LogP contribution is 2.30. The number of halogens is 2. The summed E-state index contributed by atoms with van der Waals surface area (Å²) < 4.78 is 32.4. The number of nitrogens with zero attached hydrogens (tertiary/aromatic N) is 1. The summed E-state index contributed by atoms with van der Waals surface area (Å²) in [6, 6.07) is -1.34. The highest BCUT2D eigenvalue weighted by Gasteiger charge is 2.53. The Morgan fingerprint density at radius 3 is 2.59 bits per heavy atom. The summed E-state index contributed by atoms with van der Waals surface area (Å²) in [5.41, 5.74) is -0.654. The quantitative estimate of drug-likeness (QED) is 0.701. The molecule has 2 aliphatic heterocycles. The van der Waals surface area contributed by atoms with Crippen LogP contribution in [0.5, 0.6) is 0 Å². The van der Waals surface area contributed by atoms with Gasteiger partial charge in [0.15, 0.2) is 0 Å². The molecule has 1 N–H and O–H groups in total. The normalized spacial score (nSPS) is 37.1. The maximum atomic E-state index is 13.6. The van der Waals surface area contributed by atoms with Crippen LogP contribution in [-0.2, 0) is 4.74 Å². The molecule has 2 fully saturated rings. The first-order valence-electron chi connectivity index (χ1n) is 5.81. The molecule has 0 saturated carbocycles. The Kier molecular flexibility index (Phi) is 3.01. The minimum absolute atomic E-state index is 0.0923. The Balaban J connectivity index is 2.08. The van der Waals surface area contributed by atoms with Crippen LogP contribution in [-0.4, -0.2) is 54.1 Å². The van der Waals surface area contributed by atoms with Crippen LogP contribution in [0.2, 0.25) is 0 Å². The van der Waals surface area contributed by atoms with Gasteiger partial charge in [0.25, 0.3) is 0 Å². The molecule has 0 spiro atoms. The molecule has 4 atom stereocenters. The minimum Gasteiger partial charge on any atom is -0.444 e. The molecule has 0 aromatic heterocycles. The van der Waals surface area contributed by atoms with E-state index in [4.69, 9.17) is 4.74 Å². The van der Waals surface area contributed by atoms with Crippen LogP contribution in [0.25, 0.3) is 0 Å². The second-order valence-electron chi connectivity index (χ2n) is 5.59. The van der Waals surface area contributed by atoms with Crippen LogP contribution in [0.1, 0.15) is 20.8 Å². The van der Waals surface area contributed by atoms with Gasteiger partial charge in [-0.15, -0.1) is 0 Å². The molecule has 2 unspecified atom stereocenters. The maximum Gasteiger partial charge on any atom is 0.410 e. The Bertz CT molecular complexity index is 319. The fourth-order valence-corrected chi connectivity index (χ4v) is 2.39. The topological polar surface area (TPSA) is 41.6 Å². The van der Waals surface area contributed by atoms with Gasteiger partial charge in [0, 0.05) is 6.54 Å². The van der Waals surface area contributed by atoms with Gasteiger partial charge in [-0.25, -0.2) is 13.6 Å². The van der Waals surface area contributed by atoms with Crippen molar-refractivity contribution >= 4 is 6.09 Å². The summed E-state index contributed by atoms with van der Waals surface area (Å²) in [7, 11) is 0. The third kappa shape index (κ3) is 2.36. The minimum atomic E-state index is -1.23. The van der Waals surface area contributed by atoms with E-state index in [1.807, 2.05) is 0 Å². The standard InChI is InChI=1S/C11H18F2N2O2/c1-11(2,3)17-10(16)15-5-7(13)8-9(15)6(12)4-14-8/h6-9,14H,4-5H2,1-3H3/t6?,7?,8-,9-/m0/s1. The van der Waals surface area contributed by atoms with Crippen molar-refractivity contribution in [2.75, 3.05) is 13.1 Å². The van der Waals surface area contributed by atoms with E-state index in [1.165, 1.54) is 4.90 Å². The molecule has 2 aliphatic rings. The lowest BCUT2D eigenvalue weighted by Gasteiger charge is -2.28. The Morgan fingerprint density at radius 2 is 2.00 bits per heavy atom. The van der Waals surface area contributed by atoms with E-state index >= 15 is 0 Å². The average Bonchev–Trinajstić information content (AvgIpc) is 2.67. The van der Waals surface area contributed by atoms with Gasteiger partial charge < -0.3 is 10.1 Å². The number of hydrogen-bond acceptors (Lipinski definition) is 3. The van der Waals surface area contributed by atoms with Crippen molar-refractivity contribution in [3.05, 3.63) is 0 Å². The van der Waals surface area contributed by atoms with Crippen molar-refractivity contribution in [1.29, 1.82) is 0 Å². The van der Waals surface area contributed by atoms with Gasteiger partial charge in [-0.1, -0.05) is 0 Å². The van der Waals surface area contributed by atoms with Crippen molar-refractivity contribution in [2.45, 2.75) is 50.8 Å². The van der Waals surface area contributed by atoms with Crippen molar-refractivity contribution in [1.82, 2.24) is 10.2 Å². The highest BCUT2D eigenvalue weighted by molar-refractivity contribution is 5.69. The first kappa shape index (κ1) is 12.5. The van der Waals surface area contributed by atoms with Gasteiger partial charge in [0.05, 0.1) is 18.6 Å². The summed E-state index contributed by atoms with van der Waals surface area (Å²) in [5, 5.41) is 2.77. The van der Waals surface area contributed by atoms with Crippen LogP contribution >= 0.6 is 0 Å². The largest absolute Gasteiger partial charge is 0.444 e. The second kappa shape index (κ2) is 4.08. The lowest BCUT2D eigenvalue weighted by Crippen LogP contribution is -2.45. The zero-order valence-electron chi connectivity index (χ0n) is 10.2. The van der Waals surface area contributed by atoms with E-state index < -0.39 is 36.1 Å². The van der Waals surface area contributed by atoms with Gasteiger partial charge in [-0.05, 0) is 20.8 Å². The molecule has 17 heavy (non-hydrogen) atoms. The molecule has 2 heterocycles. The first-order chi connectivity index (χ1) is 7.79. The molecule has 0 radical (unpaired) electrons. The molecular weight excluding hydrogens is 230 g/mol. The number of rotatable bonds is 0. The number of carbonyl (C=O) groups excluding carboxylic acids is 1. The molecule has 6 heteroatoms. The molecular formula is C11H18F2N2O2. The number of alkyl halides is 2. The van der Waals surface area contributed by atoms with Crippen molar-refractivity contribution in [3.63, 3.8) is 0 Å². The van der Waals surface area contributed by atoms with Gasteiger partial charge in [0.1, 0.15) is 17.9 Å². The Labute approximate surface area is 99.3 Å². The van der Waals surface area contributed by atoms with Crippen molar-refractivity contribution in [2.24, 2.45) is 0 Å². The smallest absolute Gasteiger partial charge is 0.410 e. The number of nitrogens with one attached hydrogen (secondary N) is 1. The van der Waals surface area contributed by atoms with E-state index in [2.05, 4.69) is 5.32 Å². The number of fused-ring (bicyclic) bond motifs is 1. The van der Waals surface area contributed by atoms with Crippen molar-refractivity contribution < 1.29 is 18.3 Å². The van der Waals surface area contributed by atoms with E-state index in [0.29, 0.717) is 0 Å². The number of likely N-dealkylation sites (tertiary alicyclic amines) is 1. The number of ether oxygens (including phenoxy) is 1. The zero-order chi connectivity index (χ0) is 12.8. The van der Waals surface area contributed by atoms with Gasteiger partial charge in [-0.3, -0.25) is 4.90 Å². The highest BCUT2D eigenvalue weighted by atomic mass is 19.1. The third-order valence-corrected chi connectivity index (χ3v) is 3.04. The zero-order valence-corrected chi connectivity index (χ0v) is 10.2. The summed E-state index contributed by atoms with van der Waals surface area (Å²) in [5.74, 6) is 0. The summed E-state index contributed by atoms with van der Waals surface area (Å²) in [6.45, 7) is 5.17. The molecule has 1 amide bonds. The van der Waals surface area contributed by atoms with Crippen LogP contribution in [0.15, 0.2) is 0 Å². The Morgan fingerprint density at radius 1 is 1.35 bits per heavy atom. The van der Waals surface area contributed by atoms with Gasteiger partial charge in [0.2, 0.25) is 0 Å². The molecule has 98 valence electrons. The van der Waals surface area contributed by atoms with Gasteiger partial charge in [-0.2, -0.15) is 0 Å². The van der Waals surface area contributed by atoms with Crippen LogP contribution in [0.4, 0.5) is 13.6 Å².